The maximum Gasteiger partial charge on any atom is 0.269 e. The van der Waals surface area contributed by atoms with Gasteiger partial charge in [-0.05, 0) is 31.9 Å². The predicted molar refractivity (Wildman–Crippen MR) is 54.4 cm³/mol. The normalized spacial score (nSPS) is 17.5. The molecule has 0 saturated heterocycles. The number of rotatable bonds is 3. The quantitative estimate of drug-likeness (QED) is 0.591. The van der Waals surface area contributed by atoms with Crippen LogP contribution in [0.15, 0.2) is 24.3 Å². The number of nitrogens with zero attached hydrogens (tertiary/aromatic N) is 1. The van der Waals surface area contributed by atoms with Crippen molar-refractivity contribution in [1.29, 1.82) is 0 Å². The van der Waals surface area contributed by atoms with Crippen LogP contribution in [0.2, 0.25) is 0 Å². The molecule has 0 aliphatic heterocycles. The highest BCUT2D eigenvalue weighted by molar-refractivity contribution is 5.51. The number of non-ortho nitro benzene ring substituents is 1. The van der Waals surface area contributed by atoms with E-state index in [1.54, 1.807) is 12.1 Å². The lowest BCUT2D eigenvalue weighted by molar-refractivity contribution is -0.384. The lowest BCUT2D eigenvalue weighted by Gasteiger charge is -2.12. The molecule has 1 aromatic carbocycles. The summed E-state index contributed by atoms with van der Waals surface area (Å²) in [6.07, 6.45) is 2.34. The Bertz CT molecular complexity index is 355. The molecule has 0 unspecified atom stereocenters. The molecule has 0 heterocycles. The fourth-order valence-electron chi connectivity index (χ4n) is 1.33. The maximum absolute atomic E-state index is 10.4. The Morgan fingerprint density at radius 3 is 2.36 bits per heavy atom. The minimum absolute atomic E-state index is 0.136. The first-order valence-corrected chi connectivity index (χ1v) is 4.62. The third-order valence-electron chi connectivity index (χ3n) is 2.52. The molecule has 1 N–H and O–H groups in total. The van der Waals surface area contributed by atoms with Crippen molar-refractivity contribution in [3.8, 4) is 0 Å². The van der Waals surface area contributed by atoms with Crippen molar-refractivity contribution in [1.82, 2.24) is 0 Å². The van der Waals surface area contributed by atoms with E-state index < -0.39 is 0 Å². The Morgan fingerprint density at radius 2 is 1.93 bits per heavy atom. The van der Waals surface area contributed by atoms with Gasteiger partial charge >= 0.3 is 0 Å². The molecule has 74 valence electrons. The number of nitro groups is 1. The largest absolute Gasteiger partial charge is 0.380 e. The highest BCUT2D eigenvalue weighted by Gasteiger charge is 2.36. The summed E-state index contributed by atoms with van der Waals surface area (Å²) in [6, 6.07) is 6.55. The first-order valence-electron chi connectivity index (χ1n) is 4.62. The second kappa shape index (κ2) is 2.97. The molecule has 1 saturated carbocycles. The van der Waals surface area contributed by atoms with Crippen molar-refractivity contribution in [3.63, 3.8) is 0 Å². The van der Waals surface area contributed by atoms with Gasteiger partial charge < -0.3 is 5.32 Å². The summed E-state index contributed by atoms with van der Waals surface area (Å²) < 4.78 is 0. The molecule has 1 aliphatic carbocycles. The average Bonchev–Trinajstić information content (AvgIpc) is 2.84. The summed E-state index contributed by atoms with van der Waals surface area (Å²) in [7, 11) is 0. The Balaban J connectivity index is 2.10. The van der Waals surface area contributed by atoms with Crippen LogP contribution in [0.25, 0.3) is 0 Å². The zero-order valence-corrected chi connectivity index (χ0v) is 7.99. The van der Waals surface area contributed by atoms with Crippen LogP contribution < -0.4 is 5.32 Å². The van der Waals surface area contributed by atoms with Crippen molar-refractivity contribution in [2.45, 2.75) is 25.3 Å². The summed E-state index contributed by atoms with van der Waals surface area (Å²) >= 11 is 0. The van der Waals surface area contributed by atoms with Gasteiger partial charge in [-0.15, -0.1) is 0 Å². The predicted octanol–water partition coefficient (Wildman–Crippen LogP) is 2.56. The number of anilines is 1. The van der Waals surface area contributed by atoms with Gasteiger partial charge in [0.1, 0.15) is 0 Å². The summed E-state index contributed by atoms with van der Waals surface area (Å²) in [6.45, 7) is 2.15. The molecule has 0 spiro atoms. The van der Waals surface area contributed by atoms with E-state index in [0.29, 0.717) is 0 Å². The Labute approximate surface area is 82.1 Å². The van der Waals surface area contributed by atoms with Gasteiger partial charge in [0.05, 0.1) is 4.92 Å². The van der Waals surface area contributed by atoms with Crippen LogP contribution in [-0.4, -0.2) is 10.5 Å². The molecule has 14 heavy (non-hydrogen) atoms. The van der Waals surface area contributed by atoms with Crippen molar-refractivity contribution in [2.75, 3.05) is 5.32 Å². The van der Waals surface area contributed by atoms with Gasteiger partial charge in [0.25, 0.3) is 5.69 Å². The van der Waals surface area contributed by atoms with Crippen LogP contribution in [0.4, 0.5) is 11.4 Å². The highest BCUT2D eigenvalue weighted by Crippen LogP contribution is 2.38. The van der Waals surface area contributed by atoms with Crippen molar-refractivity contribution in [3.05, 3.63) is 34.4 Å². The van der Waals surface area contributed by atoms with E-state index in [-0.39, 0.29) is 16.1 Å². The molecule has 0 radical (unpaired) electrons. The Morgan fingerprint density at radius 1 is 1.36 bits per heavy atom. The third-order valence-corrected chi connectivity index (χ3v) is 2.52. The fraction of sp³-hybridized carbons (Fsp3) is 0.400. The van der Waals surface area contributed by atoms with E-state index in [1.807, 2.05) is 0 Å². The lowest BCUT2D eigenvalue weighted by Crippen LogP contribution is -2.15. The molecule has 4 nitrogen and oxygen atoms in total. The molecule has 1 aliphatic rings. The monoisotopic (exact) mass is 192 g/mol. The highest BCUT2D eigenvalue weighted by atomic mass is 16.6. The molecular formula is C10H12N2O2. The van der Waals surface area contributed by atoms with E-state index in [4.69, 9.17) is 0 Å². The summed E-state index contributed by atoms with van der Waals surface area (Å²) in [5, 5.41) is 13.7. The van der Waals surface area contributed by atoms with Crippen LogP contribution in [0, 0.1) is 10.1 Å². The molecule has 1 fully saturated rings. The van der Waals surface area contributed by atoms with Gasteiger partial charge in [-0.2, -0.15) is 0 Å². The smallest absolute Gasteiger partial charge is 0.269 e. The standard InChI is InChI=1S/C10H12N2O2/c1-10(6-7-10)11-8-2-4-9(5-3-8)12(13)14/h2-5,11H,6-7H2,1H3. The number of benzene rings is 1. The maximum atomic E-state index is 10.4. The van der Waals surface area contributed by atoms with Gasteiger partial charge in [0.2, 0.25) is 0 Å². The summed E-state index contributed by atoms with van der Waals surface area (Å²) in [5.74, 6) is 0. The van der Waals surface area contributed by atoms with Gasteiger partial charge in [0, 0.05) is 23.4 Å². The molecule has 0 bridgehead atoms. The molecule has 1 aromatic rings. The molecule has 4 heteroatoms. The Hall–Kier alpha value is -1.58. The van der Waals surface area contributed by atoms with E-state index in [1.165, 1.54) is 25.0 Å². The molecule has 0 atom stereocenters. The minimum Gasteiger partial charge on any atom is -0.380 e. The second-order valence-corrected chi connectivity index (χ2v) is 3.99. The van der Waals surface area contributed by atoms with E-state index >= 15 is 0 Å². The fourth-order valence-corrected chi connectivity index (χ4v) is 1.33. The first kappa shape index (κ1) is 8.99. The van der Waals surface area contributed by atoms with Crippen molar-refractivity contribution < 1.29 is 4.92 Å². The topological polar surface area (TPSA) is 55.2 Å². The number of nitrogens with one attached hydrogen (secondary N) is 1. The van der Waals surface area contributed by atoms with Crippen LogP contribution in [0.1, 0.15) is 19.8 Å². The van der Waals surface area contributed by atoms with E-state index in [9.17, 15) is 10.1 Å². The summed E-state index contributed by atoms with van der Waals surface area (Å²) in [5.41, 5.74) is 1.31. The van der Waals surface area contributed by atoms with E-state index in [0.717, 1.165) is 5.69 Å². The van der Waals surface area contributed by atoms with E-state index in [2.05, 4.69) is 12.2 Å². The number of nitro benzene ring substituents is 1. The van der Waals surface area contributed by atoms with Crippen molar-refractivity contribution >= 4 is 11.4 Å². The number of hydrogen-bond acceptors (Lipinski definition) is 3. The second-order valence-electron chi connectivity index (χ2n) is 3.99. The first-order chi connectivity index (χ1) is 6.59. The molecular weight excluding hydrogens is 180 g/mol. The zero-order valence-electron chi connectivity index (χ0n) is 7.99. The van der Waals surface area contributed by atoms with Crippen LogP contribution in [0.5, 0.6) is 0 Å². The van der Waals surface area contributed by atoms with Gasteiger partial charge in [0.15, 0.2) is 0 Å². The third kappa shape index (κ3) is 1.84. The van der Waals surface area contributed by atoms with Gasteiger partial charge in [-0.25, -0.2) is 0 Å². The molecule has 0 amide bonds. The zero-order chi connectivity index (χ0) is 10.2. The SMILES string of the molecule is CC1(Nc2ccc([N+](=O)[O-])cc2)CC1. The van der Waals surface area contributed by atoms with Crippen LogP contribution >= 0.6 is 0 Å². The minimum atomic E-state index is -0.386. The summed E-state index contributed by atoms with van der Waals surface area (Å²) in [4.78, 5) is 10.0. The number of hydrogen-bond donors (Lipinski definition) is 1. The molecule has 0 aromatic heterocycles. The van der Waals surface area contributed by atoms with Crippen LogP contribution in [0.3, 0.4) is 0 Å². The Kier molecular flexibility index (Phi) is 1.91. The lowest BCUT2D eigenvalue weighted by atomic mass is 10.2. The van der Waals surface area contributed by atoms with Gasteiger partial charge in [-0.1, -0.05) is 0 Å². The van der Waals surface area contributed by atoms with Crippen LogP contribution in [-0.2, 0) is 0 Å². The average molecular weight is 192 g/mol. The van der Waals surface area contributed by atoms with Crippen molar-refractivity contribution in [2.24, 2.45) is 0 Å². The molecule has 2 rings (SSSR count). The van der Waals surface area contributed by atoms with Gasteiger partial charge in [-0.3, -0.25) is 10.1 Å².